The number of rotatable bonds is 7. The number of carbonyl (C=O) groups excluding carboxylic acids is 2. The second-order valence-corrected chi connectivity index (χ2v) is 9.66. The van der Waals surface area contributed by atoms with Gasteiger partial charge in [0.15, 0.2) is 0 Å². The fourth-order valence-corrected chi connectivity index (χ4v) is 3.58. The maximum absolute atomic E-state index is 12.2. The van der Waals surface area contributed by atoms with Crippen LogP contribution < -0.4 is 5.32 Å². The van der Waals surface area contributed by atoms with Crippen molar-refractivity contribution in [3.8, 4) is 0 Å². The average Bonchev–Trinajstić information content (AvgIpc) is 3.28. The first kappa shape index (κ1) is 27.2. The molecule has 0 radical (unpaired) electrons. The molecule has 2 N–H and O–H groups in total. The van der Waals surface area contributed by atoms with Crippen molar-refractivity contribution < 1.29 is 23.3 Å². The molecule has 0 aliphatic heterocycles. The molecule has 0 spiro atoms. The molecule has 0 saturated heterocycles. The van der Waals surface area contributed by atoms with E-state index in [-0.39, 0.29) is 18.9 Å². The highest BCUT2D eigenvalue weighted by Crippen LogP contribution is 2.30. The second-order valence-electron chi connectivity index (χ2n) is 6.46. The van der Waals surface area contributed by atoms with E-state index in [4.69, 9.17) is 36.9 Å². The van der Waals surface area contributed by atoms with Gasteiger partial charge >= 0.3 is 12.1 Å². The summed E-state index contributed by atoms with van der Waals surface area (Å²) in [5.74, 6) is -0.417. The first-order chi connectivity index (χ1) is 15.8. The van der Waals surface area contributed by atoms with E-state index < -0.39 is 27.3 Å². The van der Waals surface area contributed by atoms with Crippen molar-refractivity contribution in [2.45, 2.75) is 24.9 Å². The monoisotopic (exact) mass is 553 g/mol. The topological polar surface area (TPSA) is 110 Å². The van der Waals surface area contributed by atoms with Crippen LogP contribution in [0.4, 0.5) is 4.79 Å². The summed E-state index contributed by atoms with van der Waals surface area (Å²) in [6, 6.07) is 9.96. The van der Waals surface area contributed by atoms with Crippen molar-refractivity contribution in [3.05, 3.63) is 64.3 Å². The van der Waals surface area contributed by atoms with Crippen LogP contribution in [0.25, 0.3) is 10.9 Å². The Bertz CT molecular complexity index is 1110. The molecule has 1 amide bonds. The number of nitrogens with zero attached hydrogens (tertiary/aromatic N) is 1. The molecule has 0 aliphatic rings. The van der Waals surface area contributed by atoms with E-state index in [0.29, 0.717) is 16.1 Å². The molecule has 8 nitrogen and oxygen atoms in total. The number of fused-ring (bicyclic) bond motifs is 1. The fourth-order valence-electron chi connectivity index (χ4n) is 2.98. The number of nitrogens with one attached hydrogen (secondary N) is 2. The van der Waals surface area contributed by atoms with E-state index in [1.54, 1.807) is 12.3 Å². The highest BCUT2D eigenvalue weighted by atomic mass is 36.0. The number of ether oxygens (including phenoxy) is 2. The molecule has 0 saturated carbocycles. The van der Waals surface area contributed by atoms with E-state index in [1.807, 2.05) is 30.3 Å². The number of aromatic nitrogens is 2. The van der Waals surface area contributed by atoms with Crippen LogP contribution in [0.3, 0.4) is 0 Å². The number of esters is 1. The summed E-state index contributed by atoms with van der Waals surface area (Å²) in [7, 11) is 8.61. The number of benzene rings is 2. The highest BCUT2D eigenvalue weighted by molar-refractivity contribution is 8.26. The van der Waals surface area contributed by atoms with Gasteiger partial charge in [0.05, 0.1) is 23.8 Å². The molecule has 0 bridgehead atoms. The van der Waals surface area contributed by atoms with Gasteiger partial charge in [-0.2, -0.15) is 5.10 Å². The lowest BCUT2D eigenvalue weighted by Crippen LogP contribution is -2.43. The van der Waals surface area contributed by atoms with Crippen LogP contribution in [0.5, 0.6) is 0 Å². The number of carbonyl (C=O) groups is 2. The van der Waals surface area contributed by atoms with Gasteiger partial charge in [-0.25, -0.2) is 13.8 Å². The number of H-pyrrole nitrogens is 1. The quantitative estimate of drug-likeness (QED) is 0.241. The van der Waals surface area contributed by atoms with Crippen molar-refractivity contribution in [1.29, 1.82) is 0 Å². The molecule has 33 heavy (non-hydrogen) atoms. The maximum atomic E-state index is 12.2. The Morgan fingerprint density at radius 2 is 1.91 bits per heavy atom. The zero-order valence-corrected chi connectivity index (χ0v) is 21.0. The van der Waals surface area contributed by atoms with Crippen LogP contribution in [0.1, 0.15) is 16.7 Å². The Morgan fingerprint density at radius 3 is 2.52 bits per heavy atom. The van der Waals surface area contributed by atoms with E-state index in [9.17, 15) is 9.59 Å². The lowest BCUT2D eigenvalue weighted by molar-refractivity contribution is -0.143. The Labute approximate surface area is 211 Å². The summed E-state index contributed by atoms with van der Waals surface area (Å²) in [4.78, 5) is 24.5. The van der Waals surface area contributed by atoms with Gasteiger partial charge in [0.1, 0.15) is 12.6 Å². The molecular formula is C20H19Cl4N3O5S. The van der Waals surface area contributed by atoms with Crippen LogP contribution in [-0.2, 0) is 42.4 Å². The van der Waals surface area contributed by atoms with Gasteiger partial charge in [-0.3, -0.25) is 5.10 Å². The predicted molar refractivity (Wildman–Crippen MR) is 130 cm³/mol. The minimum absolute atomic E-state index is 0.0836. The van der Waals surface area contributed by atoms with Gasteiger partial charge in [-0.05, 0) is 22.8 Å². The number of alkyl carbamates (subject to hydrolysis) is 1. The molecule has 178 valence electrons. The van der Waals surface area contributed by atoms with Crippen molar-refractivity contribution in [1.82, 2.24) is 15.5 Å². The summed E-state index contributed by atoms with van der Waals surface area (Å²) in [5.41, 5.74) is 2.97. The molecule has 3 rings (SSSR count). The fraction of sp³-hybridized carbons (Fsp3) is 0.250. The molecular weight excluding hydrogens is 536 g/mol. The first-order valence-corrected chi connectivity index (χ1v) is 13.0. The number of hydrogen-bond acceptors (Lipinski definition) is 6. The molecule has 0 unspecified atom stereocenters. The van der Waals surface area contributed by atoms with Crippen LogP contribution in [0, 0.1) is 0 Å². The van der Waals surface area contributed by atoms with Crippen LogP contribution in [-0.4, -0.2) is 39.6 Å². The lowest BCUT2D eigenvalue weighted by Gasteiger charge is -2.18. The first-order valence-electron chi connectivity index (χ1n) is 9.25. The van der Waals surface area contributed by atoms with Crippen molar-refractivity contribution >= 4 is 76.8 Å². The highest BCUT2D eigenvalue weighted by Gasteiger charge is 2.25. The maximum Gasteiger partial charge on any atom is 0.408 e. The number of alkyl halides is 1. The normalized spacial score (nSPS) is 11.5. The summed E-state index contributed by atoms with van der Waals surface area (Å²) in [6.07, 6.45) is 1.03. The lowest BCUT2D eigenvalue weighted by atomic mass is 9.98. The summed E-state index contributed by atoms with van der Waals surface area (Å²) < 4.78 is 19.1. The largest absolute Gasteiger partial charge is 0.467 e. The Morgan fingerprint density at radius 1 is 1.24 bits per heavy atom. The Kier molecular flexibility index (Phi) is 11.2. The van der Waals surface area contributed by atoms with E-state index in [1.165, 1.54) is 7.11 Å². The molecule has 3 aromatic rings. The molecule has 1 aromatic heterocycles. The van der Waals surface area contributed by atoms with Gasteiger partial charge in [0.25, 0.3) is 0 Å². The Hall–Kier alpha value is -2.04. The zero-order chi connectivity index (χ0) is 24.4. The number of amides is 1. The number of halogens is 4. The number of hydrogen-bond donors (Lipinski definition) is 2. The van der Waals surface area contributed by atoms with E-state index in [0.717, 1.165) is 16.5 Å². The minimum atomic E-state index is -1.67. The van der Waals surface area contributed by atoms with Gasteiger partial charge in [0.2, 0.25) is 9.23 Å². The third-order valence-corrected chi connectivity index (χ3v) is 5.01. The van der Waals surface area contributed by atoms with Crippen molar-refractivity contribution in [2.24, 2.45) is 0 Å². The molecule has 2 aromatic carbocycles. The summed E-state index contributed by atoms with van der Waals surface area (Å²) >= 11 is 12.4. The third-order valence-electron chi connectivity index (χ3n) is 4.44. The SMILES string of the molecule is COC(=O)[C@@H](Cc1cc(Cl)c2[nH]ncc2c1CCl)NC(=O)OCc1ccccc1.O=S(Cl)Cl. The second kappa shape index (κ2) is 13.6. The van der Waals surface area contributed by atoms with Gasteiger partial charge in [-0.1, -0.05) is 41.9 Å². The minimum Gasteiger partial charge on any atom is -0.467 e. The van der Waals surface area contributed by atoms with Crippen LogP contribution >= 0.6 is 44.6 Å². The van der Waals surface area contributed by atoms with Gasteiger partial charge in [0, 0.05) is 39.1 Å². The zero-order valence-electron chi connectivity index (χ0n) is 17.1. The molecule has 1 heterocycles. The molecule has 0 fully saturated rings. The summed E-state index contributed by atoms with van der Waals surface area (Å²) in [5, 5.41) is 10.6. The average molecular weight is 555 g/mol. The van der Waals surface area contributed by atoms with E-state index >= 15 is 0 Å². The van der Waals surface area contributed by atoms with Crippen molar-refractivity contribution in [3.63, 3.8) is 0 Å². The van der Waals surface area contributed by atoms with E-state index in [2.05, 4.69) is 36.9 Å². The third kappa shape index (κ3) is 8.35. The molecule has 0 aliphatic carbocycles. The predicted octanol–water partition coefficient (Wildman–Crippen LogP) is 5.01. The van der Waals surface area contributed by atoms with Crippen LogP contribution in [0.2, 0.25) is 5.02 Å². The van der Waals surface area contributed by atoms with Gasteiger partial charge < -0.3 is 14.8 Å². The van der Waals surface area contributed by atoms with Crippen LogP contribution in [0.15, 0.2) is 42.6 Å². The molecule has 13 heteroatoms. The van der Waals surface area contributed by atoms with Gasteiger partial charge in [-0.15, -0.1) is 11.6 Å². The Balaban J connectivity index is 0.000000890. The number of aromatic amines is 1. The molecule has 1 atom stereocenters. The summed E-state index contributed by atoms with van der Waals surface area (Å²) in [6.45, 7) is 0.0836. The smallest absolute Gasteiger partial charge is 0.408 e. The van der Waals surface area contributed by atoms with Crippen molar-refractivity contribution in [2.75, 3.05) is 7.11 Å². The standard InChI is InChI=1S/C20H19Cl2N3O4.Cl2OS/c1-28-19(26)17(24-20(27)29-11-12-5-3-2-4-6-12)8-13-7-16(22)18-15(10-23-25-18)14(13)9-21;1-4(2)3/h2-7,10,17H,8-9,11H2,1H3,(H,23,25)(H,24,27);/t17-;/m1./s1. The number of methoxy groups -OCH3 is 1.